The molecule has 0 atom stereocenters. The van der Waals surface area contributed by atoms with E-state index in [4.69, 9.17) is 23.2 Å². The van der Waals surface area contributed by atoms with Gasteiger partial charge < -0.3 is 1.43 Å². The summed E-state index contributed by atoms with van der Waals surface area (Å²) in [7, 11) is 0. The fourth-order valence-electron chi connectivity index (χ4n) is 1.07. The molecule has 2 aromatic rings. The summed E-state index contributed by atoms with van der Waals surface area (Å²) in [6, 6.07) is 3.45. The van der Waals surface area contributed by atoms with E-state index < -0.39 is 0 Å². The second kappa shape index (κ2) is 5.13. The summed E-state index contributed by atoms with van der Waals surface area (Å²) < 4.78 is 0.759. The van der Waals surface area contributed by atoms with Crippen molar-refractivity contribution >= 4 is 54.7 Å². The Kier molecular flexibility index (Phi) is 4.66. The van der Waals surface area contributed by atoms with Crippen LogP contribution in [0.2, 0.25) is 10.0 Å². The summed E-state index contributed by atoms with van der Waals surface area (Å²) in [5.74, 6) is 0. The quantitative estimate of drug-likeness (QED) is 0.574. The van der Waals surface area contributed by atoms with Crippen molar-refractivity contribution in [3.05, 3.63) is 28.5 Å². The minimum Gasteiger partial charge on any atom is -1.00 e. The molecule has 6 heteroatoms. The van der Waals surface area contributed by atoms with Gasteiger partial charge in [0.05, 0.1) is 0 Å². The van der Waals surface area contributed by atoms with Gasteiger partial charge in [-0.1, -0.05) is 0 Å². The van der Waals surface area contributed by atoms with Crippen molar-refractivity contribution in [1.29, 1.82) is 0 Å². The van der Waals surface area contributed by atoms with Gasteiger partial charge in [-0.05, 0) is 0 Å². The van der Waals surface area contributed by atoms with Crippen LogP contribution in [0.3, 0.4) is 0 Å². The molecule has 0 aliphatic carbocycles. The molecule has 1 heterocycles. The molecule has 0 unspecified atom stereocenters. The van der Waals surface area contributed by atoms with E-state index >= 15 is 0 Å². The van der Waals surface area contributed by atoms with Gasteiger partial charge in [-0.15, -0.1) is 0 Å². The minimum absolute atomic E-state index is 0. The summed E-state index contributed by atoms with van der Waals surface area (Å²) >= 11 is 14.6. The Balaban J connectivity index is 0.000000980. The Morgan fingerprint density at radius 1 is 1.21 bits per heavy atom. The van der Waals surface area contributed by atoms with Crippen molar-refractivity contribution < 1.29 is 31.0 Å². The van der Waals surface area contributed by atoms with Gasteiger partial charge in [-0.3, -0.25) is 0 Å². The predicted molar refractivity (Wildman–Crippen MR) is 56.1 cm³/mol. The first-order valence-corrected chi connectivity index (χ1v) is 5.06. The van der Waals surface area contributed by atoms with E-state index in [0.29, 0.717) is 10.0 Å². The molecular weight excluding hydrogens is 297 g/mol. The van der Waals surface area contributed by atoms with Crippen LogP contribution < -0.4 is 34.1 Å². The van der Waals surface area contributed by atoms with Crippen molar-refractivity contribution in [1.82, 2.24) is 9.97 Å². The fourth-order valence-corrected chi connectivity index (χ4v) is 2.04. The maximum Gasteiger partial charge on any atom is 1.00 e. The summed E-state index contributed by atoms with van der Waals surface area (Å²) in [4.78, 5) is 8.07. The average Bonchev–Trinajstić information content (AvgIpc) is 2.07. The van der Waals surface area contributed by atoms with Crippen LogP contribution in [0.1, 0.15) is 1.43 Å². The number of hydrogen-bond donors (Lipinski definition) is 0. The minimum atomic E-state index is 0. The van der Waals surface area contributed by atoms with E-state index in [1.807, 2.05) is 0 Å². The van der Waals surface area contributed by atoms with Crippen LogP contribution in [-0.2, 0) is 0 Å². The number of halogens is 2. The molecule has 67 valence electrons. The molecule has 0 fully saturated rings. The van der Waals surface area contributed by atoms with Crippen molar-refractivity contribution in [3.8, 4) is 0 Å². The third kappa shape index (κ3) is 2.42. The number of aromatic nitrogens is 2. The Morgan fingerprint density at radius 2 is 1.93 bits per heavy atom. The van der Waals surface area contributed by atoms with Gasteiger partial charge in [-0.25, -0.2) is 0 Å². The molecule has 0 spiro atoms. The molecule has 1 radical (unpaired) electrons. The number of fused-ring (bicyclic) bond motifs is 1. The number of benzene rings is 1. The topological polar surface area (TPSA) is 25.8 Å². The number of hydrogen-bond acceptors (Lipinski definition) is 2. The van der Waals surface area contributed by atoms with Crippen LogP contribution in [0.15, 0.2) is 18.5 Å². The van der Waals surface area contributed by atoms with E-state index in [0.717, 1.165) is 15.5 Å². The molecule has 0 N–H and O–H groups in total. The van der Waals surface area contributed by atoms with Gasteiger partial charge in [0, 0.05) is 0 Å². The zero-order valence-corrected chi connectivity index (χ0v) is 12.5. The molecule has 14 heavy (non-hydrogen) atoms. The SMILES string of the molecule is Clc1cc(Cl)c2ncnc([Se])c2c1.[H-].[Na+]. The Bertz CT molecular complexity index is 483. The van der Waals surface area contributed by atoms with Gasteiger partial charge >= 0.3 is 123 Å². The van der Waals surface area contributed by atoms with E-state index in [2.05, 4.69) is 26.0 Å². The maximum atomic E-state index is 5.95. The second-order valence-electron chi connectivity index (χ2n) is 2.46. The molecule has 2 rings (SSSR count). The van der Waals surface area contributed by atoms with Crippen molar-refractivity contribution in [2.75, 3.05) is 0 Å². The molecule has 2 nitrogen and oxygen atoms in total. The Morgan fingerprint density at radius 3 is 2.64 bits per heavy atom. The van der Waals surface area contributed by atoms with E-state index in [1.165, 1.54) is 6.33 Å². The molecular formula is C8H4Cl2N2NaSe. The smallest absolute Gasteiger partial charge is 1.00 e. The number of nitrogens with zero attached hydrogens (tertiary/aromatic N) is 2. The van der Waals surface area contributed by atoms with Crippen molar-refractivity contribution in [2.45, 2.75) is 0 Å². The van der Waals surface area contributed by atoms with E-state index in [-0.39, 0.29) is 31.0 Å². The van der Waals surface area contributed by atoms with Crippen LogP contribution in [0.5, 0.6) is 0 Å². The molecule has 0 saturated heterocycles. The monoisotopic (exact) mass is 301 g/mol. The third-order valence-corrected chi connectivity index (χ3v) is 2.81. The molecule has 0 bridgehead atoms. The van der Waals surface area contributed by atoms with Crippen LogP contribution in [0, 0.1) is 0 Å². The summed E-state index contributed by atoms with van der Waals surface area (Å²) in [5, 5.41) is 1.98. The first-order valence-electron chi connectivity index (χ1n) is 3.45. The van der Waals surface area contributed by atoms with Crippen molar-refractivity contribution in [2.24, 2.45) is 0 Å². The normalized spacial score (nSPS) is 9.86. The van der Waals surface area contributed by atoms with Crippen LogP contribution >= 0.6 is 23.2 Å². The van der Waals surface area contributed by atoms with Gasteiger partial charge in [0.15, 0.2) is 0 Å². The molecule has 0 amide bonds. The maximum absolute atomic E-state index is 5.95. The van der Waals surface area contributed by atoms with E-state index in [9.17, 15) is 0 Å². The molecule has 0 aliphatic heterocycles. The summed E-state index contributed by atoms with van der Waals surface area (Å²) in [5.41, 5.74) is 0.717. The zero-order valence-electron chi connectivity index (χ0n) is 8.29. The van der Waals surface area contributed by atoms with Gasteiger partial charge in [0.1, 0.15) is 0 Å². The number of rotatable bonds is 0. The predicted octanol–water partition coefficient (Wildman–Crippen LogP) is -1.15. The molecule has 1 aromatic heterocycles. The Labute approximate surface area is 123 Å². The van der Waals surface area contributed by atoms with Crippen LogP contribution in [0.4, 0.5) is 0 Å². The third-order valence-electron chi connectivity index (χ3n) is 1.62. The largest absolute Gasteiger partial charge is 1.00 e. The molecule has 0 aliphatic rings. The second-order valence-corrected chi connectivity index (χ2v) is 4.12. The van der Waals surface area contributed by atoms with Crippen LogP contribution in [0.25, 0.3) is 10.9 Å². The molecule has 1 aromatic carbocycles. The van der Waals surface area contributed by atoms with Gasteiger partial charge in [0.2, 0.25) is 0 Å². The van der Waals surface area contributed by atoms with Crippen LogP contribution in [-0.4, -0.2) is 26.0 Å². The zero-order chi connectivity index (χ0) is 9.42. The fraction of sp³-hybridized carbons (Fsp3) is 0. The van der Waals surface area contributed by atoms with E-state index in [1.54, 1.807) is 12.1 Å². The van der Waals surface area contributed by atoms with Gasteiger partial charge in [0.25, 0.3) is 0 Å². The van der Waals surface area contributed by atoms with Gasteiger partial charge in [-0.2, -0.15) is 0 Å². The summed E-state index contributed by atoms with van der Waals surface area (Å²) in [6.45, 7) is 0. The molecule has 0 saturated carbocycles. The standard InChI is InChI=1S/C8H3Cl2N2Se.Na.H/c9-4-1-5-7(6(10)2-4)11-3-12-8(5)13;;/h1-3H;;/q;+1;-1. The van der Waals surface area contributed by atoms with Crippen molar-refractivity contribution in [3.63, 3.8) is 0 Å². The summed E-state index contributed by atoms with van der Waals surface area (Å²) in [6.07, 6.45) is 1.47. The Hall–Kier alpha value is 0.659. The first kappa shape index (κ1) is 12.7. The first-order chi connectivity index (χ1) is 6.18. The average molecular weight is 301 g/mol.